The quantitative estimate of drug-likeness (QED) is 0.739. The van der Waals surface area contributed by atoms with Gasteiger partial charge in [-0.2, -0.15) is 0 Å². The first kappa shape index (κ1) is 14.4. The van der Waals surface area contributed by atoms with Crippen LogP contribution in [0.5, 0.6) is 0 Å². The fourth-order valence-corrected chi connectivity index (χ4v) is 2.98. The predicted octanol–water partition coefficient (Wildman–Crippen LogP) is -0.145. The van der Waals surface area contributed by atoms with E-state index in [-0.39, 0.29) is 30.9 Å². The van der Waals surface area contributed by atoms with Gasteiger partial charge in [0, 0.05) is 13.0 Å². The van der Waals surface area contributed by atoms with Crippen molar-refractivity contribution in [2.45, 2.75) is 32.4 Å². The number of carbonyl (C=O) groups excluding carboxylic acids is 4. The van der Waals surface area contributed by atoms with Gasteiger partial charge in [-0.1, -0.05) is 6.07 Å². The van der Waals surface area contributed by atoms with Crippen LogP contribution in [0.15, 0.2) is 12.1 Å². The lowest BCUT2D eigenvalue weighted by molar-refractivity contribution is -0.136. The molecule has 114 valence electrons. The molecule has 1 unspecified atom stereocenters. The maximum absolute atomic E-state index is 12.6. The minimum Gasteiger partial charge on any atom is -0.326 e. The lowest BCUT2D eigenvalue weighted by Gasteiger charge is -2.27. The van der Waals surface area contributed by atoms with E-state index in [0.717, 1.165) is 10.5 Å². The molecule has 3 rings (SSSR count). The molecule has 7 heteroatoms. The zero-order chi connectivity index (χ0) is 16.0. The number of nitrogens with one attached hydrogen (secondary N) is 1. The van der Waals surface area contributed by atoms with Crippen molar-refractivity contribution in [1.29, 1.82) is 0 Å². The molecule has 0 bridgehead atoms. The van der Waals surface area contributed by atoms with E-state index in [0.29, 0.717) is 11.1 Å². The smallest absolute Gasteiger partial charge is 0.262 e. The maximum Gasteiger partial charge on any atom is 0.262 e. The van der Waals surface area contributed by atoms with E-state index < -0.39 is 23.8 Å². The molecule has 0 aromatic heterocycles. The normalized spacial score (nSPS) is 21.2. The standard InChI is InChI=1S/C15H15N3O4/c1-7-8(6-16)2-3-9-12(7)15(22)18(14(9)21)10-4-5-11(19)17-13(10)20/h2-3,10H,4-6,16H2,1H3,(H,17,19,20). The Balaban J connectivity index is 2.02. The van der Waals surface area contributed by atoms with Crippen LogP contribution in [0, 0.1) is 6.92 Å². The van der Waals surface area contributed by atoms with E-state index >= 15 is 0 Å². The Labute approximate surface area is 126 Å². The molecular weight excluding hydrogens is 286 g/mol. The number of carbonyl (C=O) groups is 4. The first-order valence-corrected chi connectivity index (χ1v) is 6.99. The highest BCUT2D eigenvalue weighted by molar-refractivity contribution is 6.24. The van der Waals surface area contributed by atoms with Gasteiger partial charge in [-0.25, -0.2) is 0 Å². The summed E-state index contributed by atoms with van der Waals surface area (Å²) in [6.45, 7) is 2.00. The van der Waals surface area contributed by atoms with Gasteiger partial charge in [0.05, 0.1) is 11.1 Å². The van der Waals surface area contributed by atoms with Gasteiger partial charge in [0.2, 0.25) is 11.8 Å². The topological polar surface area (TPSA) is 110 Å². The van der Waals surface area contributed by atoms with Gasteiger partial charge in [-0.05, 0) is 30.5 Å². The maximum atomic E-state index is 12.6. The molecular formula is C15H15N3O4. The first-order valence-electron chi connectivity index (χ1n) is 6.99. The first-order chi connectivity index (χ1) is 10.5. The number of fused-ring (bicyclic) bond motifs is 1. The second-order valence-corrected chi connectivity index (χ2v) is 5.42. The minimum atomic E-state index is -0.939. The highest BCUT2D eigenvalue weighted by Gasteiger charge is 2.45. The Morgan fingerprint density at radius 2 is 1.95 bits per heavy atom. The Bertz CT molecular complexity index is 726. The van der Waals surface area contributed by atoms with Gasteiger partial charge in [0.25, 0.3) is 11.8 Å². The lowest BCUT2D eigenvalue weighted by Crippen LogP contribution is -2.54. The molecule has 1 atom stereocenters. The highest BCUT2D eigenvalue weighted by Crippen LogP contribution is 2.31. The van der Waals surface area contributed by atoms with Crippen molar-refractivity contribution >= 4 is 23.6 Å². The van der Waals surface area contributed by atoms with Crippen LogP contribution in [-0.2, 0) is 16.1 Å². The third kappa shape index (κ3) is 1.93. The lowest BCUT2D eigenvalue weighted by atomic mass is 9.98. The van der Waals surface area contributed by atoms with Crippen molar-refractivity contribution in [3.8, 4) is 0 Å². The van der Waals surface area contributed by atoms with Crippen molar-refractivity contribution in [1.82, 2.24) is 10.2 Å². The third-order valence-electron chi connectivity index (χ3n) is 4.20. The van der Waals surface area contributed by atoms with Crippen LogP contribution >= 0.6 is 0 Å². The molecule has 1 aromatic carbocycles. The molecule has 2 aliphatic rings. The molecule has 2 aliphatic heterocycles. The van der Waals surface area contributed by atoms with Crippen LogP contribution in [0.3, 0.4) is 0 Å². The molecule has 0 spiro atoms. The van der Waals surface area contributed by atoms with Crippen molar-refractivity contribution in [3.63, 3.8) is 0 Å². The van der Waals surface area contributed by atoms with Crippen LogP contribution in [0.25, 0.3) is 0 Å². The van der Waals surface area contributed by atoms with Crippen LogP contribution in [0.4, 0.5) is 0 Å². The summed E-state index contributed by atoms with van der Waals surface area (Å²) in [7, 11) is 0. The summed E-state index contributed by atoms with van der Waals surface area (Å²) < 4.78 is 0. The molecule has 1 aromatic rings. The number of amides is 4. The third-order valence-corrected chi connectivity index (χ3v) is 4.20. The van der Waals surface area contributed by atoms with E-state index in [1.807, 2.05) is 0 Å². The molecule has 4 amide bonds. The second kappa shape index (κ2) is 5.03. The largest absolute Gasteiger partial charge is 0.326 e. The Morgan fingerprint density at radius 1 is 1.23 bits per heavy atom. The van der Waals surface area contributed by atoms with Gasteiger partial charge < -0.3 is 5.73 Å². The van der Waals surface area contributed by atoms with Crippen LogP contribution in [0.2, 0.25) is 0 Å². The van der Waals surface area contributed by atoms with Gasteiger partial charge in [-0.3, -0.25) is 29.4 Å². The summed E-state index contributed by atoms with van der Waals surface area (Å²) in [6, 6.07) is 2.34. The predicted molar refractivity (Wildman–Crippen MR) is 75.7 cm³/mol. The summed E-state index contributed by atoms with van der Waals surface area (Å²) in [5.74, 6) is -2.00. The number of imide groups is 2. The van der Waals surface area contributed by atoms with Crippen LogP contribution in [0.1, 0.15) is 44.7 Å². The summed E-state index contributed by atoms with van der Waals surface area (Å²) in [6.07, 6.45) is 0.260. The molecule has 3 N–H and O–H groups in total. The van der Waals surface area contributed by atoms with E-state index in [2.05, 4.69) is 5.32 Å². The number of hydrogen-bond donors (Lipinski definition) is 2. The fraction of sp³-hybridized carbons (Fsp3) is 0.333. The van der Waals surface area contributed by atoms with E-state index in [4.69, 9.17) is 5.73 Å². The SMILES string of the molecule is Cc1c(CN)ccc2c1C(=O)N(C1CCC(=O)NC1=O)C2=O. The molecule has 22 heavy (non-hydrogen) atoms. The molecule has 1 saturated heterocycles. The number of benzene rings is 1. The summed E-state index contributed by atoms with van der Waals surface area (Å²) in [5, 5.41) is 2.17. The van der Waals surface area contributed by atoms with E-state index in [1.165, 1.54) is 0 Å². The molecule has 0 saturated carbocycles. The zero-order valence-electron chi connectivity index (χ0n) is 12.0. The fourth-order valence-electron chi connectivity index (χ4n) is 2.98. The monoisotopic (exact) mass is 301 g/mol. The zero-order valence-corrected chi connectivity index (χ0v) is 12.0. The van der Waals surface area contributed by atoms with Crippen LogP contribution < -0.4 is 11.1 Å². The van der Waals surface area contributed by atoms with Gasteiger partial charge >= 0.3 is 0 Å². The average molecular weight is 301 g/mol. The van der Waals surface area contributed by atoms with Gasteiger partial charge in [0.1, 0.15) is 6.04 Å². The van der Waals surface area contributed by atoms with Crippen molar-refractivity contribution in [3.05, 3.63) is 34.4 Å². The number of hydrogen-bond acceptors (Lipinski definition) is 5. The molecule has 0 aliphatic carbocycles. The summed E-state index contributed by atoms with van der Waals surface area (Å²) in [5.41, 5.74) is 7.66. The molecule has 7 nitrogen and oxygen atoms in total. The summed E-state index contributed by atoms with van der Waals surface area (Å²) >= 11 is 0. The van der Waals surface area contributed by atoms with Crippen molar-refractivity contribution in [2.75, 3.05) is 0 Å². The van der Waals surface area contributed by atoms with Gasteiger partial charge in [-0.15, -0.1) is 0 Å². The molecule has 0 radical (unpaired) electrons. The highest BCUT2D eigenvalue weighted by atomic mass is 16.2. The molecule has 2 heterocycles. The Morgan fingerprint density at radius 3 is 2.59 bits per heavy atom. The number of nitrogens with zero attached hydrogens (tertiary/aromatic N) is 1. The second-order valence-electron chi connectivity index (χ2n) is 5.42. The van der Waals surface area contributed by atoms with E-state index in [1.54, 1.807) is 19.1 Å². The average Bonchev–Trinajstić information content (AvgIpc) is 2.73. The Hall–Kier alpha value is -2.54. The van der Waals surface area contributed by atoms with Crippen LogP contribution in [-0.4, -0.2) is 34.6 Å². The molecule has 1 fully saturated rings. The minimum absolute atomic E-state index is 0.108. The number of rotatable bonds is 2. The van der Waals surface area contributed by atoms with E-state index in [9.17, 15) is 19.2 Å². The Kier molecular flexibility index (Phi) is 3.29. The number of piperidine rings is 1. The summed E-state index contributed by atoms with van der Waals surface area (Å²) in [4.78, 5) is 49.2. The van der Waals surface area contributed by atoms with Gasteiger partial charge in [0.15, 0.2) is 0 Å². The number of nitrogens with two attached hydrogens (primary N) is 1. The van der Waals surface area contributed by atoms with Crippen molar-refractivity contribution in [2.24, 2.45) is 5.73 Å². The van der Waals surface area contributed by atoms with Crippen molar-refractivity contribution < 1.29 is 19.2 Å².